The molecule has 0 bridgehead atoms. The zero-order valence-electron chi connectivity index (χ0n) is 22.5. The average molecular weight is 461 g/mol. The van der Waals surface area contributed by atoms with Crippen molar-refractivity contribution in [3.63, 3.8) is 0 Å². The zero-order chi connectivity index (χ0) is 24.0. The van der Waals surface area contributed by atoms with Gasteiger partial charge in [-0.3, -0.25) is 4.79 Å². The summed E-state index contributed by atoms with van der Waals surface area (Å²) in [6, 6.07) is 0. The first-order valence-corrected chi connectivity index (χ1v) is 14.4. The number of hydrogen-bond donors (Lipinski definition) is 1. The highest BCUT2D eigenvalue weighted by Gasteiger charge is 2.64. The summed E-state index contributed by atoms with van der Waals surface area (Å²) in [5, 5.41) is 11.7. The van der Waals surface area contributed by atoms with E-state index in [0.717, 1.165) is 31.1 Å². The van der Waals surface area contributed by atoms with Crippen molar-refractivity contribution in [1.29, 1.82) is 0 Å². The van der Waals surface area contributed by atoms with E-state index in [0.29, 0.717) is 29.1 Å². The molecule has 0 saturated heterocycles. The van der Waals surface area contributed by atoms with Crippen molar-refractivity contribution in [2.24, 2.45) is 46.3 Å². The van der Waals surface area contributed by atoms with E-state index >= 15 is 0 Å². The van der Waals surface area contributed by atoms with Crippen LogP contribution in [0.1, 0.15) is 125 Å². The van der Waals surface area contributed by atoms with Gasteiger partial charge in [-0.15, -0.1) is 0 Å². The fourth-order valence-corrected chi connectivity index (χ4v) is 9.92. The van der Waals surface area contributed by atoms with Gasteiger partial charge >= 0.3 is 5.97 Å². The topological polar surface area (TPSA) is 46.5 Å². The summed E-state index contributed by atoms with van der Waals surface area (Å²) in [4.78, 5) is 12.1. The summed E-state index contributed by atoms with van der Waals surface area (Å²) >= 11 is 0. The van der Waals surface area contributed by atoms with E-state index in [1.165, 1.54) is 64.2 Å². The van der Waals surface area contributed by atoms with Crippen molar-refractivity contribution < 1.29 is 14.6 Å². The molecule has 3 nitrogen and oxygen atoms in total. The molecule has 0 spiro atoms. The van der Waals surface area contributed by atoms with Gasteiger partial charge in [0.05, 0.1) is 5.60 Å². The lowest BCUT2D eigenvalue weighted by Gasteiger charge is -2.63. The summed E-state index contributed by atoms with van der Waals surface area (Å²) in [6.07, 6.45) is 15.8. The lowest BCUT2D eigenvalue weighted by Crippen LogP contribution is -2.59. The van der Waals surface area contributed by atoms with Gasteiger partial charge in [0.2, 0.25) is 0 Å². The smallest absolute Gasteiger partial charge is 0.302 e. The molecule has 190 valence electrons. The minimum atomic E-state index is -0.555. The molecular weight excluding hydrogens is 408 g/mol. The molecule has 3 heteroatoms. The number of unbranched alkanes of at least 4 members (excludes halogenated alkanes) is 3. The SMILES string of the molecule is CCCCCC[C@](C)(O)[C@H]1CC[C@H]2[C@@H]3C[C@H](OC(C)=O)[C@H]4C[C@@H](C)CC[C@]4(C)[C@H]3CC[C@@]21C. The van der Waals surface area contributed by atoms with Crippen LogP contribution in [0.2, 0.25) is 0 Å². The quantitative estimate of drug-likeness (QED) is 0.315. The van der Waals surface area contributed by atoms with Crippen LogP contribution >= 0.6 is 0 Å². The standard InChI is InChI=1S/C30H52O3/c1-7-8-9-10-15-30(6,32)27-12-11-23-22-19-26(33-21(3)31)25-18-20(2)13-16-28(25,4)24(22)14-17-29(23,27)5/h20,22-27,32H,7-19H2,1-6H3/t20-,22-,23-,24-,25+,26-,27-,28+,29-,30-/m0/s1. The minimum absolute atomic E-state index is 0.0902. The van der Waals surface area contributed by atoms with Gasteiger partial charge in [0, 0.05) is 12.8 Å². The number of rotatable bonds is 7. The maximum absolute atomic E-state index is 12.1. The van der Waals surface area contributed by atoms with Crippen LogP contribution < -0.4 is 0 Å². The lowest BCUT2D eigenvalue weighted by molar-refractivity contribution is -0.191. The molecule has 0 aromatic carbocycles. The molecule has 0 unspecified atom stereocenters. The number of carbonyl (C=O) groups excluding carboxylic acids is 1. The van der Waals surface area contributed by atoms with E-state index < -0.39 is 5.60 Å². The predicted octanol–water partition coefficient (Wildman–Crippen LogP) is 7.54. The number of esters is 1. The van der Waals surface area contributed by atoms with Crippen molar-refractivity contribution in [3.8, 4) is 0 Å². The molecule has 4 fully saturated rings. The zero-order valence-corrected chi connectivity index (χ0v) is 22.5. The monoisotopic (exact) mass is 460 g/mol. The van der Waals surface area contributed by atoms with E-state index in [1.54, 1.807) is 6.92 Å². The molecule has 0 heterocycles. The summed E-state index contributed by atoms with van der Waals surface area (Å²) in [7, 11) is 0. The predicted molar refractivity (Wildman–Crippen MR) is 135 cm³/mol. The molecule has 10 atom stereocenters. The number of aliphatic hydroxyl groups is 1. The summed E-state index contributed by atoms with van der Waals surface area (Å²) in [6.45, 7) is 13.5. The largest absolute Gasteiger partial charge is 0.462 e. The van der Waals surface area contributed by atoms with Gasteiger partial charge in [-0.05, 0) is 98.7 Å². The first kappa shape index (κ1) is 25.5. The number of ether oxygens (including phenoxy) is 1. The third-order valence-corrected chi connectivity index (χ3v) is 11.5. The molecule has 0 aromatic rings. The Balaban J connectivity index is 1.57. The summed E-state index contributed by atoms with van der Waals surface area (Å²) in [5.41, 5.74) is -0.0281. The molecule has 4 saturated carbocycles. The highest BCUT2D eigenvalue weighted by atomic mass is 16.5. The number of carbonyl (C=O) groups is 1. The molecule has 0 amide bonds. The third kappa shape index (κ3) is 4.54. The highest BCUT2D eigenvalue weighted by Crippen LogP contribution is 2.69. The fraction of sp³-hybridized carbons (Fsp3) is 0.967. The Morgan fingerprint density at radius 1 is 0.970 bits per heavy atom. The Labute approximate surface area is 203 Å². The fourth-order valence-electron chi connectivity index (χ4n) is 9.92. The molecular formula is C30H52O3. The van der Waals surface area contributed by atoms with E-state index in [4.69, 9.17) is 4.74 Å². The molecule has 0 aliphatic heterocycles. The van der Waals surface area contributed by atoms with E-state index in [-0.39, 0.29) is 17.5 Å². The first-order valence-electron chi connectivity index (χ1n) is 14.4. The third-order valence-electron chi connectivity index (χ3n) is 11.5. The van der Waals surface area contributed by atoms with E-state index in [9.17, 15) is 9.90 Å². The molecule has 1 N–H and O–H groups in total. The van der Waals surface area contributed by atoms with Crippen molar-refractivity contribution >= 4 is 5.97 Å². The van der Waals surface area contributed by atoms with Gasteiger partial charge in [-0.2, -0.15) is 0 Å². The number of fused-ring (bicyclic) bond motifs is 5. The minimum Gasteiger partial charge on any atom is -0.462 e. The maximum Gasteiger partial charge on any atom is 0.302 e. The second-order valence-electron chi connectivity index (χ2n) is 13.6. The van der Waals surface area contributed by atoms with Gasteiger partial charge < -0.3 is 9.84 Å². The molecule has 4 aliphatic rings. The summed E-state index contributed by atoms with van der Waals surface area (Å²) < 4.78 is 6.09. The van der Waals surface area contributed by atoms with E-state index in [1.807, 2.05) is 0 Å². The molecule has 4 rings (SSSR count). The van der Waals surface area contributed by atoms with Gasteiger partial charge in [-0.25, -0.2) is 0 Å². The van der Waals surface area contributed by atoms with Crippen molar-refractivity contribution in [2.45, 2.75) is 137 Å². The highest BCUT2D eigenvalue weighted by molar-refractivity contribution is 5.66. The average Bonchev–Trinajstić information content (AvgIpc) is 3.10. The van der Waals surface area contributed by atoms with Gasteiger partial charge in [0.25, 0.3) is 0 Å². The van der Waals surface area contributed by atoms with Crippen molar-refractivity contribution in [1.82, 2.24) is 0 Å². The van der Waals surface area contributed by atoms with Gasteiger partial charge in [0.15, 0.2) is 0 Å². The Kier molecular flexibility index (Phi) is 7.33. The van der Waals surface area contributed by atoms with Crippen LogP contribution in [0.4, 0.5) is 0 Å². The molecule has 33 heavy (non-hydrogen) atoms. The molecule has 4 aliphatic carbocycles. The van der Waals surface area contributed by atoms with Crippen LogP contribution in [-0.2, 0) is 9.53 Å². The Morgan fingerprint density at radius 3 is 2.36 bits per heavy atom. The van der Waals surface area contributed by atoms with Crippen LogP contribution in [-0.4, -0.2) is 22.8 Å². The van der Waals surface area contributed by atoms with Crippen LogP contribution in [0, 0.1) is 46.3 Å². The second-order valence-corrected chi connectivity index (χ2v) is 13.6. The lowest BCUT2D eigenvalue weighted by atomic mass is 9.43. The van der Waals surface area contributed by atoms with Crippen LogP contribution in [0.25, 0.3) is 0 Å². The van der Waals surface area contributed by atoms with Gasteiger partial charge in [-0.1, -0.05) is 59.8 Å². The second kappa shape index (κ2) is 9.47. The Morgan fingerprint density at radius 2 is 1.67 bits per heavy atom. The first-order chi connectivity index (χ1) is 15.5. The Bertz CT molecular complexity index is 701. The van der Waals surface area contributed by atoms with Crippen LogP contribution in [0.3, 0.4) is 0 Å². The Hall–Kier alpha value is -0.570. The van der Waals surface area contributed by atoms with Crippen LogP contribution in [0.5, 0.6) is 0 Å². The van der Waals surface area contributed by atoms with Gasteiger partial charge in [0.1, 0.15) is 6.10 Å². The summed E-state index contributed by atoms with van der Waals surface area (Å²) in [5.74, 6) is 3.63. The normalized spacial score (nSPS) is 46.6. The maximum atomic E-state index is 12.1. The van der Waals surface area contributed by atoms with Crippen LogP contribution in [0.15, 0.2) is 0 Å². The molecule has 0 aromatic heterocycles. The number of hydrogen-bond acceptors (Lipinski definition) is 3. The van der Waals surface area contributed by atoms with E-state index in [2.05, 4.69) is 34.6 Å². The molecule has 0 radical (unpaired) electrons. The van der Waals surface area contributed by atoms with Crippen molar-refractivity contribution in [3.05, 3.63) is 0 Å². The van der Waals surface area contributed by atoms with Crippen molar-refractivity contribution in [2.75, 3.05) is 0 Å².